The maximum absolute atomic E-state index is 11.2. The number of hydrogen-bond acceptors (Lipinski definition) is 1. The summed E-state index contributed by atoms with van der Waals surface area (Å²) in [5.41, 5.74) is -0.432. The zero-order valence-corrected chi connectivity index (χ0v) is 12.1. The van der Waals surface area contributed by atoms with E-state index >= 15 is 0 Å². The molecular formula is C11H23NaO2. The van der Waals surface area contributed by atoms with Crippen molar-refractivity contribution in [3.05, 3.63) is 0 Å². The van der Waals surface area contributed by atoms with Crippen molar-refractivity contribution < 1.29 is 40.9 Å². The van der Waals surface area contributed by atoms with Gasteiger partial charge in [-0.25, -0.2) is 0 Å². The topological polar surface area (TPSA) is 37.3 Å². The van der Waals surface area contributed by atoms with E-state index in [4.69, 9.17) is 0 Å². The zero-order valence-electron chi connectivity index (χ0n) is 11.1. The van der Waals surface area contributed by atoms with Crippen molar-refractivity contribution in [1.29, 1.82) is 0 Å². The summed E-state index contributed by atoms with van der Waals surface area (Å²) >= 11 is 0. The minimum Gasteiger partial charge on any atom is -1.00 e. The van der Waals surface area contributed by atoms with Crippen molar-refractivity contribution >= 4 is 5.97 Å². The fourth-order valence-electron chi connectivity index (χ4n) is 2.13. The molecule has 0 aromatic carbocycles. The monoisotopic (exact) mass is 210 g/mol. The van der Waals surface area contributed by atoms with Gasteiger partial charge in [-0.3, -0.25) is 4.79 Å². The van der Waals surface area contributed by atoms with E-state index in [1.165, 1.54) is 0 Å². The Labute approximate surface area is 111 Å². The van der Waals surface area contributed by atoms with E-state index in [0.29, 0.717) is 0 Å². The van der Waals surface area contributed by atoms with Gasteiger partial charge in [0.05, 0.1) is 5.41 Å². The van der Waals surface area contributed by atoms with Crippen LogP contribution in [0.1, 0.15) is 60.7 Å². The normalized spacial score (nSPS) is 10.8. The van der Waals surface area contributed by atoms with E-state index in [1.807, 2.05) is 0 Å². The van der Waals surface area contributed by atoms with Gasteiger partial charge in [0, 0.05) is 0 Å². The molecular weight excluding hydrogens is 187 g/mol. The van der Waals surface area contributed by atoms with Crippen LogP contribution >= 0.6 is 0 Å². The van der Waals surface area contributed by atoms with Crippen LogP contribution < -0.4 is 29.6 Å². The van der Waals surface area contributed by atoms with Crippen LogP contribution in [0, 0.1) is 5.41 Å². The third kappa shape index (κ3) is 4.81. The summed E-state index contributed by atoms with van der Waals surface area (Å²) < 4.78 is 0. The Morgan fingerprint density at radius 2 is 1.36 bits per heavy atom. The standard InChI is InChI=1S/C11H22O2.Na.H/c1-4-7-11(8-5-2,9-6-3)10(12)13;;/h4-9H2,1-3H3,(H,12,13);;/q;+1;-1. The van der Waals surface area contributed by atoms with Crippen LogP contribution in [0.4, 0.5) is 0 Å². The molecule has 0 aromatic rings. The Hall–Kier alpha value is 0.470. The quantitative estimate of drug-likeness (QED) is 0.624. The number of aliphatic carboxylic acids is 1. The molecule has 0 aromatic heterocycles. The van der Waals surface area contributed by atoms with Crippen LogP contribution in [-0.4, -0.2) is 11.1 Å². The van der Waals surface area contributed by atoms with Gasteiger partial charge in [0.25, 0.3) is 0 Å². The molecule has 0 saturated heterocycles. The van der Waals surface area contributed by atoms with Crippen molar-refractivity contribution in [2.24, 2.45) is 5.41 Å². The minimum atomic E-state index is -0.599. The maximum Gasteiger partial charge on any atom is 1.00 e. The number of carbonyl (C=O) groups is 1. The maximum atomic E-state index is 11.2. The number of carboxylic acid groups (broad SMARTS) is 1. The van der Waals surface area contributed by atoms with Gasteiger partial charge < -0.3 is 6.53 Å². The Morgan fingerprint density at radius 1 is 1.07 bits per heavy atom. The second-order valence-electron chi connectivity index (χ2n) is 3.84. The summed E-state index contributed by atoms with van der Waals surface area (Å²) in [5, 5.41) is 9.22. The molecule has 1 N–H and O–H groups in total. The van der Waals surface area contributed by atoms with Crippen LogP contribution in [0.2, 0.25) is 0 Å². The first-order valence-electron chi connectivity index (χ1n) is 5.36. The molecule has 0 aliphatic carbocycles. The molecule has 0 amide bonds. The first kappa shape index (κ1) is 16.9. The molecule has 0 radical (unpaired) electrons. The van der Waals surface area contributed by atoms with E-state index in [1.54, 1.807) is 0 Å². The molecule has 0 spiro atoms. The van der Waals surface area contributed by atoms with Crippen LogP contribution in [0.3, 0.4) is 0 Å². The van der Waals surface area contributed by atoms with Gasteiger partial charge in [0.1, 0.15) is 0 Å². The Morgan fingerprint density at radius 3 is 1.50 bits per heavy atom. The van der Waals surface area contributed by atoms with E-state index in [0.717, 1.165) is 38.5 Å². The van der Waals surface area contributed by atoms with E-state index in [9.17, 15) is 9.90 Å². The Bertz CT molecular complexity index is 146. The van der Waals surface area contributed by atoms with E-state index < -0.39 is 11.4 Å². The molecule has 0 bridgehead atoms. The van der Waals surface area contributed by atoms with Crippen molar-refractivity contribution in [1.82, 2.24) is 0 Å². The summed E-state index contributed by atoms with van der Waals surface area (Å²) in [6.45, 7) is 6.18. The summed E-state index contributed by atoms with van der Waals surface area (Å²) in [7, 11) is 0. The van der Waals surface area contributed by atoms with Gasteiger partial charge in [0.15, 0.2) is 0 Å². The molecule has 14 heavy (non-hydrogen) atoms. The van der Waals surface area contributed by atoms with Gasteiger partial charge in [-0.1, -0.05) is 40.0 Å². The molecule has 0 rings (SSSR count). The van der Waals surface area contributed by atoms with Crippen LogP contribution in [-0.2, 0) is 4.79 Å². The molecule has 80 valence electrons. The van der Waals surface area contributed by atoms with Crippen LogP contribution in [0.25, 0.3) is 0 Å². The number of hydrogen-bond donors (Lipinski definition) is 1. The van der Waals surface area contributed by atoms with Crippen LogP contribution in [0.5, 0.6) is 0 Å². The van der Waals surface area contributed by atoms with Gasteiger partial charge >= 0.3 is 35.5 Å². The van der Waals surface area contributed by atoms with Crippen molar-refractivity contribution in [3.8, 4) is 0 Å². The number of carboxylic acids is 1. The van der Waals surface area contributed by atoms with Crippen LogP contribution in [0.15, 0.2) is 0 Å². The third-order valence-electron chi connectivity index (χ3n) is 2.64. The van der Waals surface area contributed by atoms with Gasteiger partial charge in [-0.2, -0.15) is 0 Å². The summed E-state index contributed by atoms with van der Waals surface area (Å²) in [4.78, 5) is 11.2. The van der Waals surface area contributed by atoms with Crippen molar-refractivity contribution in [2.75, 3.05) is 0 Å². The van der Waals surface area contributed by atoms with Gasteiger partial charge in [-0.05, 0) is 19.3 Å². The molecule has 0 aliphatic rings. The average Bonchev–Trinajstić information content (AvgIpc) is 2.05. The summed E-state index contributed by atoms with van der Waals surface area (Å²) in [6, 6.07) is 0. The molecule has 0 fully saturated rings. The first-order chi connectivity index (χ1) is 6.13. The summed E-state index contributed by atoms with van der Waals surface area (Å²) in [5.74, 6) is -0.599. The smallest absolute Gasteiger partial charge is 1.00 e. The average molecular weight is 210 g/mol. The van der Waals surface area contributed by atoms with E-state index in [2.05, 4.69) is 20.8 Å². The molecule has 0 saturated carbocycles. The van der Waals surface area contributed by atoms with Gasteiger partial charge in [0.2, 0.25) is 0 Å². The fraction of sp³-hybridized carbons (Fsp3) is 0.909. The largest absolute Gasteiger partial charge is 1.00 e. The molecule has 0 heterocycles. The molecule has 2 nitrogen and oxygen atoms in total. The molecule has 0 unspecified atom stereocenters. The minimum absolute atomic E-state index is 0. The first-order valence-corrected chi connectivity index (χ1v) is 5.36. The van der Waals surface area contributed by atoms with Crippen molar-refractivity contribution in [3.63, 3.8) is 0 Å². The predicted molar refractivity (Wildman–Crippen MR) is 55.9 cm³/mol. The van der Waals surface area contributed by atoms with E-state index in [-0.39, 0.29) is 31.0 Å². The van der Waals surface area contributed by atoms with Crippen molar-refractivity contribution in [2.45, 2.75) is 59.3 Å². The molecule has 3 heteroatoms. The molecule has 0 aliphatic heterocycles. The Kier molecular flexibility index (Phi) is 10.6. The SMILES string of the molecule is CCCC(CCC)(CCC)C(=O)O.[H-].[Na+]. The second-order valence-corrected chi connectivity index (χ2v) is 3.84. The second kappa shape index (κ2) is 8.75. The van der Waals surface area contributed by atoms with Gasteiger partial charge in [-0.15, -0.1) is 0 Å². The Balaban J connectivity index is -0.000000720. The predicted octanol–water partition coefficient (Wildman–Crippen LogP) is 0.574. The zero-order chi connectivity index (χ0) is 10.3. The third-order valence-corrected chi connectivity index (χ3v) is 2.64. The number of rotatable bonds is 7. The summed E-state index contributed by atoms with van der Waals surface area (Å²) in [6.07, 6.45) is 5.36. The fourth-order valence-corrected chi connectivity index (χ4v) is 2.13. The molecule has 0 atom stereocenters.